The van der Waals surface area contributed by atoms with Gasteiger partial charge in [-0.3, -0.25) is 63.3 Å². The van der Waals surface area contributed by atoms with Gasteiger partial charge in [-0.1, -0.05) is 100 Å². The van der Waals surface area contributed by atoms with Crippen LogP contribution in [0.2, 0.25) is 10.0 Å². The average molecular weight is 2070 g/mol. The summed E-state index contributed by atoms with van der Waals surface area (Å²) in [7, 11) is 0. The number of carbonyl (C=O) groups excluding carboxylic acids is 8. The first-order chi connectivity index (χ1) is 64.9. The number of benzene rings is 7. The Hall–Kier alpha value is -12.3. The lowest BCUT2D eigenvalue weighted by atomic mass is 9.89. The summed E-state index contributed by atoms with van der Waals surface area (Å²) in [5.74, 6) is -2.43. The number of alkyl halides is 6. The number of hydrogen-bond donors (Lipinski definition) is 19. The summed E-state index contributed by atoms with van der Waals surface area (Å²) in [5, 5.41) is 103. The number of aliphatic hydroxyl groups is 4. The van der Waals surface area contributed by atoms with Gasteiger partial charge < -0.3 is 99.5 Å². The molecule has 42 heteroatoms. The molecule has 0 bridgehead atoms. The Labute approximate surface area is 813 Å². The molecule has 4 aliphatic heterocycles. The first kappa shape index (κ1) is 108. The number of ketones is 4. The van der Waals surface area contributed by atoms with Crippen LogP contribution in [0.1, 0.15) is 189 Å². The predicted octanol–water partition coefficient (Wildman–Crippen LogP) is 13.2. The Morgan fingerprint density at radius 1 is 0.372 bits per heavy atom. The molecule has 8 aromatic rings. The van der Waals surface area contributed by atoms with Crippen molar-refractivity contribution in [2.45, 2.75) is 153 Å². The molecule has 0 fully saturated rings. The summed E-state index contributed by atoms with van der Waals surface area (Å²) in [6.45, 7) is 12.7. The number of rotatable bonds is 32. The van der Waals surface area contributed by atoms with Crippen molar-refractivity contribution in [3.63, 3.8) is 0 Å². The lowest BCUT2D eigenvalue weighted by Gasteiger charge is -2.20. The normalized spacial score (nSPS) is 16.5. The van der Waals surface area contributed by atoms with E-state index in [1.165, 1.54) is 67.0 Å². The van der Waals surface area contributed by atoms with Crippen LogP contribution in [-0.2, 0) is 31.5 Å². The Morgan fingerprint density at radius 3 is 0.971 bits per heavy atom. The molecule has 32 nitrogen and oxygen atoms in total. The minimum Gasteiger partial charge on any atom is -0.508 e. The molecule has 0 radical (unpaired) electrons. The molecule has 0 saturated carbocycles. The van der Waals surface area contributed by atoms with E-state index in [4.69, 9.17) is 23.2 Å². The van der Waals surface area contributed by atoms with Crippen LogP contribution in [0, 0.1) is 13.8 Å². The molecule has 8 atom stereocenters. The van der Waals surface area contributed by atoms with Crippen LogP contribution in [0.15, 0.2) is 175 Å². The highest BCUT2D eigenvalue weighted by atomic mass is 79.9. The van der Waals surface area contributed by atoms with Gasteiger partial charge in [0.1, 0.15) is 17.2 Å². The summed E-state index contributed by atoms with van der Waals surface area (Å²) in [5.41, 5.74) is 5.35. The molecule has 4 amide bonds. The number of amides is 4. The number of aromatic nitrogens is 1. The number of nitrogens with one attached hydrogen (secondary N) is 12. The number of β-amino-alcohol motifs (C(OH)–C–C–N with tert-alkyl or cyclic N) is 4. The molecule has 4 aliphatic rings. The van der Waals surface area contributed by atoms with E-state index in [2.05, 4.69) is 127 Å². The largest absolute Gasteiger partial charge is 0.508 e. The average Bonchev–Trinajstić information content (AvgIpc) is 0.828. The van der Waals surface area contributed by atoms with Gasteiger partial charge >= 0.3 is 12.4 Å². The number of phenolic OH excluding ortho intramolecular Hbond substituents is 3. The lowest BCUT2D eigenvalue weighted by Crippen LogP contribution is -2.42. The van der Waals surface area contributed by atoms with Crippen LogP contribution in [0.5, 0.6) is 17.2 Å². The fourth-order valence-electron chi connectivity index (χ4n) is 14.6. The van der Waals surface area contributed by atoms with Crippen molar-refractivity contribution in [3.05, 3.63) is 232 Å². The van der Waals surface area contributed by atoms with Gasteiger partial charge in [-0.15, -0.1) is 0 Å². The lowest BCUT2D eigenvalue weighted by molar-refractivity contribution is -0.138. The zero-order valence-corrected chi connectivity index (χ0v) is 80.2. The number of halogens is 10. The maximum Gasteiger partial charge on any atom is 0.416 e. The molecular formula is C95H109Br2Cl2F6N17O15. The molecule has 4 unspecified atom stereocenters. The summed E-state index contributed by atoms with van der Waals surface area (Å²) < 4.78 is 80.3. The third-order valence-electron chi connectivity index (χ3n) is 21.6. The first-order valence-corrected chi connectivity index (χ1v) is 46.2. The van der Waals surface area contributed by atoms with E-state index >= 15 is 0 Å². The van der Waals surface area contributed by atoms with Gasteiger partial charge in [-0.05, 0) is 194 Å². The van der Waals surface area contributed by atoms with E-state index in [0.717, 1.165) is 51.8 Å². The smallest absolute Gasteiger partial charge is 0.416 e. The topological polar surface area (TPSA) is 485 Å². The molecule has 734 valence electrons. The fraction of sp³-hybridized carbons (Fsp3) is 0.379. The summed E-state index contributed by atoms with van der Waals surface area (Å²) in [4.78, 5) is 121. The van der Waals surface area contributed by atoms with E-state index in [9.17, 15) is 100 Å². The summed E-state index contributed by atoms with van der Waals surface area (Å²) in [6.07, 6.45) is -5.41. The zero-order valence-electron chi connectivity index (χ0n) is 75.5. The van der Waals surface area contributed by atoms with Gasteiger partial charge in [0, 0.05) is 129 Å². The number of nitrogens with zero attached hydrogens (tertiary/aromatic N) is 5. The number of aliphatic hydroxyl groups excluding tert-OH is 4. The van der Waals surface area contributed by atoms with E-state index in [0.29, 0.717) is 125 Å². The number of aromatic hydroxyl groups is 3. The van der Waals surface area contributed by atoms with E-state index in [1.54, 1.807) is 57.2 Å². The van der Waals surface area contributed by atoms with Crippen molar-refractivity contribution in [2.24, 2.45) is 20.0 Å². The van der Waals surface area contributed by atoms with Gasteiger partial charge in [0.2, 0.25) is 0 Å². The van der Waals surface area contributed by atoms with Crippen molar-refractivity contribution in [1.29, 1.82) is 0 Å². The second kappa shape index (κ2) is 51.7. The number of guanidine groups is 4. The number of aliphatic imine (C=N–C) groups is 4. The van der Waals surface area contributed by atoms with Crippen LogP contribution in [0.3, 0.4) is 0 Å². The molecule has 19 N–H and O–H groups in total. The molecule has 7 aromatic carbocycles. The van der Waals surface area contributed by atoms with E-state index in [1.807, 2.05) is 32.9 Å². The minimum absolute atomic E-state index is 0.0122. The maximum atomic E-state index is 13.2. The molecule has 0 spiro atoms. The standard InChI is InChI=1S/C25H29F3N4O4.C24H29BrN4O4.C23H25BrF3N5O3.C23H26Cl2N4O4/c1-3-15(16-4-14(2)5-18(6-16)25(26,27)28)8-21(34)11-29-23(36)17-7-19(10-20(33)9-17)32-24-30-12-22(35)13-31-24;1-3-15(16-4-14(2)5-18(25)6-16)8-21(31)11-26-23(33)17-7-19(10-20(30)9-17)29-24-27-12-22(32)13-28-24;1-2-13(14-3-16(23(25,26)27)7-17(24)4-14)6-19(33)10-29-21(35)15-5-18(9-28-8-15)32-22-30-11-20(34)12-31-22;1-2-13(14-3-16(24)8-17(25)4-14)6-20(31)10-26-22(33)15-5-18(9-19(30)7-15)29-23-27-11-21(32)12-28-23/h4-7,9-10,15,22,33,35H,3,8,11-13H2,1-2H3,(H,29,36)(H2,30,31,32);4-7,9-10,15,22,30,32H,3,8,11-13H2,1-2H3,(H,26,33)(H2,27,28,29);3-5,7-9,13,20,34H,2,6,10-12H2,1H3,(H,29,35)(H2,30,31,32);3-5,7-9,13,21,30,32H,2,6,10-12H2,1H3,(H,26,33)(H2,27,28,29)/t2*15-;2*13-/m1111/s1. The SMILES string of the molecule is CC[C@H](CC(=O)CNC(=O)c1cc(O)cc(NC2=NCC(O)CN2)c1)c1cc(C)cc(Br)c1.CC[C@H](CC(=O)CNC(=O)c1cc(O)cc(NC2=NCC(O)CN2)c1)c1cc(C)cc(C(F)(F)F)c1.CC[C@H](CC(=O)CNC(=O)c1cc(O)cc(NC2=NCC(O)CN2)c1)c1cc(Cl)cc(Cl)c1.CC[C@H](CC(=O)CNC(=O)c1cncc(NC2=NCC(O)CN2)c1)c1cc(Br)cc(C(F)(F)F)c1. The van der Waals surface area contributed by atoms with Crippen LogP contribution in [0.25, 0.3) is 0 Å². The third-order valence-corrected chi connectivity index (χ3v) is 23.0. The minimum atomic E-state index is -4.49. The molecule has 12 rings (SSSR count). The number of carbonyl (C=O) groups is 8. The number of phenols is 3. The van der Waals surface area contributed by atoms with Crippen molar-refractivity contribution in [1.82, 2.24) is 47.5 Å². The molecule has 1 aromatic heterocycles. The second-order valence-electron chi connectivity index (χ2n) is 33.0. The Kier molecular flexibility index (Phi) is 40.9. The van der Waals surface area contributed by atoms with Crippen molar-refractivity contribution < 1.29 is 100 Å². The van der Waals surface area contributed by atoms with Gasteiger partial charge in [-0.25, -0.2) is 0 Å². The highest BCUT2D eigenvalue weighted by molar-refractivity contribution is 9.10. The Morgan fingerprint density at radius 2 is 0.657 bits per heavy atom. The van der Waals surface area contributed by atoms with Gasteiger partial charge in [0.15, 0.2) is 47.0 Å². The Bertz CT molecular complexity index is 5550. The summed E-state index contributed by atoms with van der Waals surface area (Å²) in [6, 6.07) is 33.1. The summed E-state index contributed by atoms with van der Waals surface area (Å²) >= 11 is 18.8. The quantitative estimate of drug-likeness (QED) is 0.0174. The highest BCUT2D eigenvalue weighted by Gasteiger charge is 2.34. The van der Waals surface area contributed by atoms with Crippen LogP contribution >= 0.6 is 55.1 Å². The Balaban J connectivity index is 0.000000205. The highest BCUT2D eigenvalue weighted by Crippen LogP contribution is 2.38. The molecule has 0 saturated heterocycles. The second-order valence-corrected chi connectivity index (χ2v) is 35.7. The maximum absolute atomic E-state index is 13.2. The van der Waals surface area contributed by atoms with Crippen molar-refractivity contribution >= 4 is 148 Å². The van der Waals surface area contributed by atoms with Crippen molar-refractivity contribution in [3.8, 4) is 17.2 Å². The van der Waals surface area contributed by atoms with Crippen LogP contribution in [-0.4, -0.2) is 214 Å². The van der Waals surface area contributed by atoms with Gasteiger partial charge in [-0.2, -0.15) is 26.3 Å². The van der Waals surface area contributed by atoms with Gasteiger partial charge in [0.05, 0.1) is 105 Å². The number of hydrogen-bond acceptors (Lipinski definition) is 28. The van der Waals surface area contributed by atoms with E-state index < -0.39 is 83.4 Å². The van der Waals surface area contributed by atoms with Gasteiger partial charge in [0.25, 0.3) is 23.6 Å². The molecule has 137 heavy (non-hydrogen) atoms. The first-order valence-electron chi connectivity index (χ1n) is 43.9. The van der Waals surface area contributed by atoms with E-state index in [-0.39, 0.29) is 151 Å². The number of aryl methyl sites for hydroxylation is 2. The van der Waals surface area contributed by atoms with Crippen LogP contribution in [0.4, 0.5) is 49.1 Å². The number of pyridine rings is 1. The zero-order chi connectivity index (χ0) is 100.0. The molecule has 5 heterocycles. The fourth-order valence-corrected chi connectivity index (χ4v) is 16.3. The van der Waals surface area contributed by atoms with Crippen LogP contribution < -0.4 is 63.8 Å². The number of anilines is 4. The van der Waals surface area contributed by atoms with Crippen molar-refractivity contribution in [2.75, 3.05) is 99.8 Å². The third kappa shape index (κ3) is 36.0. The monoisotopic (exact) mass is 2070 g/mol. The number of Topliss-reactive ketones (excluding diaryl/α,β-unsaturated/α-hetero) is 4. The molecular weight excluding hydrogens is 1960 g/mol. The predicted molar refractivity (Wildman–Crippen MR) is 519 cm³/mol. The molecule has 0 aliphatic carbocycles.